The summed E-state index contributed by atoms with van der Waals surface area (Å²) in [6.45, 7) is -0.177. The molecule has 1 rings (SSSR count). The molecule has 15 heavy (non-hydrogen) atoms. The van der Waals surface area contributed by atoms with Crippen molar-refractivity contribution in [3.63, 3.8) is 0 Å². The molecule has 0 radical (unpaired) electrons. The van der Waals surface area contributed by atoms with E-state index in [4.69, 9.17) is 9.84 Å². The van der Waals surface area contributed by atoms with Crippen molar-refractivity contribution in [3.8, 4) is 0 Å². The number of ether oxygens (including phenoxy) is 1. The molecule has 1 amide bonds. The lowest BCUT2D eigenvalue weighted by atomic mass is 10.5. The minimum Gasteiger partial charge on any atom is -0.480 e. The average Bonchev–Trinajstić information content (AvgIpc) is 2.65. The zero-order chi connectivity index (χ0) is 11.3. The quantitative estimate of drug-likeness (QED) is 0.847. The Bertz CT molecular complexity index is 336. The van der Waals surface area contributed by atoms with E-state index in [0.717, 1.165) is 9.78 Å². The van der Waals surface area contributed by atoms with Crippen LogP contribution < -0.4 is 0 Å². The summed E-state index contributed by atoms with van der Waals surface area (Å²) in [7, 11) is 1.38. The fourth-order valence-corrected chi connectivity index (χ4v) is 1.52. The third-order valence-electron chi connectivity index (χ3n) is 1.60. The molecule has 0 bridgehead atoms. The van der Waals surface area contributed by atoms with E-state index in [0.29, 0.717) is 0 Å². The maximum Gasteiger partial charge on any atom is 0.410 e. The Hall–Kier alpha value is -1.56. The molecule has 1 aromatic heterocycles. The van der Waals surface area contributed by atoms with Crippen LogP contribution in [0.25, 0.3) is 0 Å². The number of thiophene rings is 1. The van der Waals surface area contributed by atoms with Gasteiger partial charge in [-0.3, -0.25) is 4.79 Å². The molecule has 1 aromatic rings. The first-order valence-electron chi connectivity index (χ1n) is 4.21. The number of carbonyl (C=O) groups is 2. The predicted octanol–water partition coefficient (Wildman–Crippen LogP) is 1.40. The van der Waals surface area contributed by atoms with Gasteiger partial charge in [-0.1, -0.05) is 6.07 Å². The van der Waals surface area contributed by atoms with Crippen LogP contribution in [0.15, 0.2) is 17.5 Å². The summed E-state index contributed by atoms with van der Waals surface area (Å²) in [6, 6.07) is 3.70. The van der Waals surface area contributed by atoms with Crippen LogP contribution >= 0.6 is 11.3 Å². The Labute approximate surface area is 90.9 Å². The highest BCUT2D eigenvalue weighted by Gasteiger charge is 2.13. The monoisotopic (exact) mass is 229 g/mol. The van der Waals surface area contributed by atoms with E-state index in [1.54, 1.807) is 0 Å². The molecule has 0 atom stereocenters. The highest BCUT2D eigenvalue weighted by molar-refractivity contribution is 7.09. The Morgan fingerprint density at radius 3 is 2.87 bits per heavy atom. The number of nitrogens with zero attached hydrogens (tertiary/aromatic N) is 1. The van der Waals surface area contributed by atoms with Crippen LogP contribution in [-0.4, -0.2) is 35.7 Å². The van der Waals surface area contributed by atoms with Gasteiger partial charge in [0.25, 0.3) is 0 Å². The molecule has 0 saturated heterocycles. The third-order valence-corrected chi connectivity index (χ3v) is 2.45. The molecule has 1 N–H and O–H groups in total. The van der Waals surface area contributed by atoms with Crippen molar-refractivity contribution in [2.24, 2.45) is 0 Å². The Morgan fingerprint density at radius 1 is 1.60 bits per heavy atom. The van der Waals surface area contributed by atoms with Gasteiger partial charge >= 0.3 is 12.1 Å². The van der Waals surface area contributed by atoms with E-state index >= 15 is 0 Å². The fourth-order valence-electron chi connectivity index (χ4n) is 0.905. The smallest absolute Gasteiger partial charge is 0.410 e. The van der Waals surface area contributed by atoms with Crippen LogP contribution in [0.1, 0.15) is 4.88 Å². The maximum atomic E-state index is 11.2. The molecule has 5 nitrogen and oxygen atoms in total. The van der Waals surface area contributed by atoms with Gasteiger partial charge in [0.15, 0.2) is 0 Å². The van der Waals surface area contributed by atoms with E-state index in [1.807, 2.05) is 17.5 Å². The number of aliphatic carboxylic acids is 1. The number of hydrogen-bond acceptors (Lipinski definition) is 4. The zero-order valence-electron chi connectivity index (χ0n) is 8.17. The van der Waals surface area contributed by atoms with Crippen LogP contribution in [-0.2, 0) is 16.1 Å². The molecule has 82 valence electrons. The molecule has 0 aliphatic heterocycles. The Kier molecular flexibility index (Phi) is 4.11. The van der Waals surface area contributed by atoms with Crippen LogP contribution in [0.4, 0.5) is 4.79 Å². The minimum atomic E-state index is -1.06. The molecule has 0 aromatic carbocycles. The predicted molar refractivity (Wildman–Crippen MR) is 54.8 cm³/mol. The number of hydrogen-bond donors (Lipinski definition) is 1. The van der Waals surface area contributed by atoms with Gasteiger partial charge in [-0.2, -0.15) is 0 Å². The summed E-state index contributed by atoms with van der Waals surface area (Å²) in [4.78, 5) is 23.5. The van der Waals surface area contributed by atoms with Crippen LogP contribution in [0.2, 0.25) is 0 Å². The lowest BCUT2D eigenvalue weighted by molar-refractivity contribution is -0.137. The van der Waals surface area contributed by atoms with Crippen molar-refractivity contribution in [1.82, 2.24) is 4.90 Å². The second-order valence-corrected chi connectivity index (χ2v) is 3.92. The SMILES string of the molecule is CN(CC(=O)O)C(=O)OCc1cccs1. The van der Waals surface area contributed by atoms with Gasteiger partial charge in [0, 0.05) is 11.9 Å². The van der Waals surface area contributed by atoms with Crippen LogP contribution in [0.3, 0.4) is 0 Å². The largest absolute Gasteiger partial charge is 0.480 e. The van der Waals surface area contributed by atoms with Crippen molar-refractivity contribution in [3.05, 3.63) is 22.4 Å². The summed E-state index contributed by atoms with van der Waals surface area (Å²) in [5.41, 5.74) is 0. The van der Waals surface area contributed by atoms with Gasteiger partial charge in [0.05, 0.1) is 0 Å². The molecule has 0 saturated carbocycles. The average molecular weight is 229 g/mol. The van der Waals surface area contributed by atoms with Crippen LogP contribution in [0, 0.1) is 0 Å². The maximum absolute atomic E-state index is 11.2. The Morgan fingerprint density at radius 2 is 2.33 bits per heavy atom. The molecule has 6 heteroatoms. The molecule has 0 aliphatic rings. The second kappa shape index (κ2) is 5.35. The van der Waals surface area contributed by atoms with E-state index in [-0.39, 0.29) is 13.2 Å². The van der Waals surface area contributed by atoms with Crippen molar-refractivity contribution in [2.45, 2.75) is 6.61 Å². The van der Waals surface area contributed by atoms with Gasteiger partial charge in [-0.25, -0.2) is 4.79 Å². The normalized spacial score (nSPS) is 9.67. The summed E-state index contributed by atoms with van der Waals surface area (Å²) < 4.78 is 4.88. The summed E-state index contributed by atoms with van der Waals surface area (Å²) in [5.74, 6) is -1.06. The van der Waals surface area contributed by atoms with Crippen molar-refractivity contribution < 1.29 is 19.4 Å². The molecule has 0 fully saturated rings. The molecule has 0 unspecified atom stereocenters. The number of amides is 1. The summed E-state index contributed by atoms with van der Waals surface area (Å²) in [6.07, 6.45) is -0.634. The van der Waals surface area contributed by atoms with Gasteiger partial charge < -0.3 is 14.7 Å². The third kappa shape index (κ3) is 3.99. The highest BCUT2D eigenvalue weighted by Crippen LogP contribution is 2.10. The van der Waals surface area contributed by atoms with Gasteiger partial charge in [-0.15, -0.1) is 11.3 Å². The van der Waals surface area contributed by atoms with E-state index in [2.05, 4.69) is 0 Å². The number of carbonyl (C=O) groups excluding carboxylic acids is 1. The lowest BCUT2D eigenvalue weighted by Crippen LogP contribution is -2.32. The minimum absolute atomic E-state index is 0.181. The van der Waals surface area contributed by atoms with E-state index in [1.165, 1.54) is 18.4 Å². The zero-order valence-corrected chi connectivity index (χ0v) is 8.99. The number of rotatable bonds is 4. The van der Waals surface area contributed by atoms with Gasteiger partial charge in [0.1, 0.15) is 13.2 Å². The molecule has 0 spiro atoms. The van der Waals surface area contributed by atoms with Crippen molar-refractivity contribution in [2.75, 3.05) is 13.6 Å². The van der Waals surface area contributed by atoms with Gasteiger partial charge in [-0.05, 0) is 11.4 Å². The fraction of sp³-hybridized carbons (Fsp3) is 0.333. The van der Waals surface area contributed by atoms with Crippen LogP contribution in [0.5, 0.6) is 0 Å². The number of carboxylic acid groups (broad SMARTS) is 1. The van der Waals surface area contributed by atoms with Crippen molar-refractivity contribution >= 4 is 23.4 Å². The lowest BCUT2D eigenvalue weighted by Gasteiger charge is -2.13. The first kappa shape index (κ1) is 11.5. The first-order valence-corrected chi connectivity index (χ1v) is 5.09. The van der Waals surface area contributed by atoms with E-state index < -0.39 is 12.1 Å². The van der Waals surface area contributed by atoms with Crippen molar-refractivity contribution in [1.29, 1.82) is 0 Å². The second-order valence-electron chi connectivity index (χ2n) is 2.88. The molecular weight excluding hydrogens is 218 g/mol. The summed E-state index contributed by atoms with van der Waals surface area (Å²) >= 11 is 1.48. The van der Waals surface area contributed by atoms with E-state index in [9.17, 15) is 9.59 Å². The summed E-state index contributed by atoms with van der Waals surface area (Å²) in [5, 5.41) is 10.3. The Balaban J connectivity index is 2.32. The number of carboxylic acids is 1. The number of likely N-dealkylation sites (N-methyl/N-ethyl adjacent to an activating group) is 1. The first-order chi connectivity index (χ1) is 7.09. The highest BCUT2D eigenvalue weighted by atomic mass is 32.1. The molecule has 0 aliphatic carbocycles. The topological polar surface area (TPSA) is 66.8 Å². The van der Waals surface area contributed by atoms with Gasteiger partial charge in [0.2, 0.25) is 0 Å². The standard InChI is InChI=1S/C9H11NO4S/c1-10(5-8(11)12)9(13)14-6-7-3-2-4-15-7/h2-4H,5-6H2,1H3,(H,11,12). The molecule has 1 heterocycles. The molecular formula is C9H11NO4S.